The van der Waals surface area contributed by atoms with Crippen LogP contribution in [0.25, 0.3) is 11.3 Å². The normalized spacial score (nSPS) is 14.2. The average Bonchev–Trinajstić information content (AvgIpc) is 3.15. The predicted octanol–water partition coefficient (Wildman–Crippen LogP) is 4.04. The summed E-state index contributed by atoms with van der Waals surface area (Å²) in [5.41, 5.74) is 1.44. The number of hydrogen-bond acceptors (Lipinski definition) is 9. The maximum absolute atomic E-state index is 14.0. The Morgan fingerprint density at radius 2 is 1.27 bits per heavy atom. The Morgan fingerprint density at radius 3 is 1.82 bits per heavy atom. The largest absolute Gasteiger partial charge is 0.465 e. The van der Waals surface area contributed by atoms with Gasteiger partial charge in [-0.1, -0.05) is 95.3 Å². The van der Waals surface area contributed by atoms with E-state index in [4.69, 9.17) is 9.47 Å². The molecule has 5 atom stereocenters. The van der Waals surface area contributed by atoms with Crippen LogP contribution in [0.1, 0.15) is 52.2 Å². The van der Waals surface area contributed by atoms with E-state index in [2.05, 4.69) is 31.6 Å². The molecule has 2 aromatic carbocycles. The van der Waals surface area contributed by atoms with Gasteiger partial charge in [0.25, 0.3) is 0 Å². The molecule has 0 saturated heterocycles. The molecule has 0 aliphatic heterocycles. The van der Waals surface area contributed by atoms with E-state index >= 15 is 0 Å². The molecule has 15 nitrogen and oxygen atoms in total. The highest BCUT2D eigenvalue weighted by atomic mass is 16.5. The van der Waals surface area contributed by atoms with E-state index in [1.807, 2.05) is 72.8 Å². The third-order valence-corrected chi connectivity index (χ3v) is 9.12. The SMILES string of the molecule is COC(=O)N[C@H](C(=O)N[C@@H](Cc1ccc(-c2ccccn2)cc1)C[C@H](O)[C@H](Cc1ccccc1)NC(=O)[C@@H](NC(=O)OC)C(C)(C)CNC(=O)O)C(C)(C)C. The number of nitrogens with zero attached hydrogens (tertiary/aromatic N) is 1. The number of benzene rings is 2. The maximum atomic E-state index is 14.0. The topological polar surface area (TPSA) is 217 Å². The lowest BCUT2D eigenvalue weighted by Crippen LogP contribution is -2.60. The van der Waals surface area contributed by atoms with Crippen molar-refractivity contribution in [1.29, 1.82) is 0 Å². The smallest absolute Gasteiger partial charge is 0.407 e. The van der Waals surface area contributed by atoms with Crippen molar-refractivity contribution < 1.29 is 43.7 Å². The van der Waals surface area contributed by atoms with Crippen LogP contribution < -0.4 is 26.6 Å². The molecule has 7 N–H and O–H groups in total. The summed E-state index contributed by atoms with van der Waals surface area (Å²) in [5.74, 6) is -1.19. The molecule has 0 radical (unpaired) electrons. The molecule has 55 heavy (non-hydrogen) atoms. The number of methoxy groups -OCH3 is 2. The Bertz CT molecular complexity index is 1720. The lowest BCUT2D eigenvalue weighted by Gasteiger charge is -2.36. The van der Waals surface area contributed by atoms with E-state index in [-0.39, 0.29) is 25.8 Å². The van der Waals surface area contributed by atoms with Crippen molar-refractivity contribution in [3.8, 4) is 11.3 Å². The second-order valence-corrected chi connectivity index (χ2v) is 15.1. The molecule has 298 valence electrons. The van der Waals surface area contributed by atoms with Gasteiger partial charge in [-0.3, -0.25) is 14.6 Å². The van der Waals surface area contributed by atoms with Crippen LogP contribution in [-0.2, 0) is 31.9 Å². The van der Waals surface area contributed by atoms with E-state index in [0.29, 0.717) is 0 Å². The van der Waals surface area contributed by atoms with Gasteiger partial charge in [0.1, 0.15) is 12.1 Å². The fraction of sp³-hybridized carbons (Fsp3) is 0.450. The first-order chi connectivity index (χ1) is 25.9. The Hall–Kier alpha value is -5.70. The first-order valence-electron chi connectivity index (χ1n) is 17.9. The summed E-state index contributed by atoms with van der Waals surface area (Å²) in [4.78, 5) is 68.3. The van der Waals surface area contributed by atoms with Gasteiger partial charge in [-0.25, -0.2) is 14.4 Å². The predicted molar refractivity (Wildman–Crippen MR) is 206 cm³/mol. The zero-order chi connectivity index (χ0) is 40.8. The Labute approximate surface area is 322 Å². The summed E-state index contributed by atoms with van der Waals surface area (Å²) in [6.07, 6.45) is -2.15. The quantitative estimate of drug-likeness (QED) is 0.105. The molecular weight excluding hydrogens is 708 g/mol. The van der Waals surface area contributed by atoms with Gasteiger partial charge in [0.05, 0.1) is 32.1 Å². The zero-order valence-electron chi connectivity index (χ0n) is 32.4. The minimum Gasteiger partial charge on any atom is -0.465 e. The number of pyridine rings is 1. The molecule has 0 fully saturated rings. The van der Waals surface area contributed by atoms with Crippen LogP contribution in [0.15, 0.2) is 79.0 Å². The summed E-state index contributed by atoms with van der Waals surface area (Å²) < 4.78 is 9.54. The number of alkyl carbamates (subject to hydrolysis) is 2. The van der Waals surface area contributed by atoms with E-state index in [9.17, 15) is 34.2 Å². The van der Waals surface area contributed by atoms with Crippen molar-refractivity contribution in [2.45, 2.75) is 84.2 Å². The Kier molecular flexibility index (Phi) is 16.0. The molecule has 1 aromatic heterocycles. The second kappa shape index (κ2) is 20.1. The Morgan fingerprint density at radius 1 is 0.709 bits per heavy atom. The Balaban J connectivity index is 1.99. The number of carbonyl (C=O) groups excluding carboxylic acids is 4. The van der Waals surface area contributed by atoms with Gasteiger partial charge in [0.15, 0.2) is 0 Å². The molecule has 15 heteroatoms. The monoisotopic (exact) mass is 762 g/mol. The molecule has 0 unspecified atom stereocenters. The van der Waals surface area contributed by atoms with Crippen LogP contribution >= 0.6 is 0 Å². The van der Waals surface area contributed by atoms with Crippen molar-refractivity contribution in [3.63, 3.8) is 0 Å². The molecule has 0 aliphatic carbocycles. The first kappa shape index (κ1) is 43.7. The number of aliphatic hydroxyl groups is 1. The standard InChI is InChI=1S/C40H54N6O9/c1-39(2,3)32(45-37(52)54-6)34(48)43-28(21-26-16-18-27(19-17-26)29-15-11-12-20-41-29)23-31(47)30(22-25-13-9-8-10-14-25)44-35(49)33(46-38(53)55-7)40(4,5)24-42-36(50)51/h8-20,28,30-33,42,47H,21-24H2,1-7H3,(H,43,48)(H,44,49)(H,45,52)(H,46,53)(H,50,51)/t28-,30-,31-,32+,33+/m0/s1. The van der Waals surface area contributed by atoms with Gasteiger partial charge < -0.3 is 46.3 Å². The number of hydrogen-bond donors (Lipinski definition) is 7. The second-order valence-electron chi connectivity index (χ2n) is 15.1. The van der Waals surface area contributed by atoms with Crippen molar-refractivity contribution in [2.75, 3.05) is 20.8 Å². The van der Waals surface area contributed by atoms with Gasteiger partial charge in [-0.2, -0.15) is 0 Å². The summed E-state index contributed by atoms with van der Waals surface area (Å²) in [5, 5.41) is 34.5. The fourth-order valence-electron chi connectivity index (χ4n) is 6.03. The number of carboxylic acid groups (broad SMARTS) is 1. The van der Waals surface area contributed by atoms with Crippen molar-refractivity contribution >= 4 is 30.1 Å². The van der Waals surface area contributed by atoms with E-state index < -0.39 is 71.2 Å². The van der Waals surface area contributed by atoms with E-state index in [1.165, 1.54) is 7.11 Å². The molecule has 1 heterocycles. The van der Waals surface area contributed by atoms with Gasteiger partial charge in [0.2, 0.25) is 11.8 Å². The number of aliphatic hydroxyl groups excluding tert-OH is 1. The molecule has 3 aromatic rings. The van der Waals surface area contributed by atoms with E-state index in [1.54, 1.807) is 40.8 Å². The number of aromatic nitrogens is 1. The van der Waals surface area contributed by atoms with Crippen LogP contribution in [0.3, 0.4) is 0 Å². The van der Waals surface area contributed by atoms with E-state index in [0.717, 1.165) is 29.5 Å². The van der Waals surface area contributed by atoms with Gasteiger partial charge in [0, 0.05) is 29.8 Å². The van der Waals surface area contributed by atoms with Crippen LogP contribution in [0.2, 0.25) is 0 Å². The van der Waals surface area contributed by atoms with Crippen molar-refractivity contribution in [1.82, 2.24) is 31.6 Å². The summed E-state index contributed by atoms with van der Waals surface area (Å²) >= 11 is 0. The average molecular weight is 763 g/mol. The van der Waals surface area contributed by atoms with Crippen molar-refractivity contribution in [2.24, 2.45) is 10.8 Å². The molecule has 0 bridgehead atoms. The van der Waals surface area contributed by atoms with Gasteiger partial charge in [-0.05, 0) is 47.9 Å². The van der Waals surface area contributed by atoms with Gasteiger partial charge >= 0.3 is 18.3 Å². The van der Waals surface area contributed by atoms with Crippen LogP contribution in [-0.4, -0.2) is 96.3 Å². The minimum absolute atomic E-state index is 0.0420. The highest BCUT2D eigenvalue weighted by Crippen LogP contribution is 2.24. The third-order valence-electron chi connectivity index (χ3n) is 9.12. The molecular formula is C40H54N6O9. The van der Waals surface area contributed by atoms with Crippen LogP contribution in [0.4, 0.5) is 14.4 Å². The molecule has 3 rings (SSSR count). The lowest BCUT2D eigenvalue weighted by atomic mass is 9.83. The van der Waals surface area contributed by atoms with Crippen LogP contribution in [0, 0.1) is 10.8 Å². The number of rotatable bonds is 17. The zero-order valence-corrected chi connectivity index (χ0v) is 32.4. The number of ether oxygens (including phenoxy) is 2. The number of nitrogens with one attached hydrogen (secondary N) is 5. The maximum Gasteiger partial charge on any atom is 0.407 e. The molecule has 0 spiro atoms. The fourth-order valence-corrected chi connectivity index (χ4v) is 6.03. The van der Waals surface area contributed by atoms with Crippen LogP contribution in [0.5, 0.6) is 0 Å². The molecule has 0 aliphatic rings. The van der Waals surface area contributed by atoms with Crippen molar-refractivity contribution in [3.05, 3.63) is 90.1 Å². The minimum atomic E-state index is -1.31. The number of carbonyl (C=O) groups is 5. The third kappa shape index (κ3) is 13.9. The van der Waals surface area contributed by atoms with Gasteiger partial charge in [-0.15, -0.1) is 0 Å². The summed E-state index contributed by atoms with van der Waals surface area (Å²) in [7, 11) is 2.34. The highest BCUT2D eigenvalue weighted by Gasteiger charge is 2.40. The highest BCUT2D eigenvalue weighted by molar-refractivity contribution is 5.87. The lowest BCUT2D eigenvalue weighted by molar-refractivity contribution is -0.128. The molecule has 5 amide bonds. The molecule has 0 saturated carbocycles. The summed E-state index contributed by atoms with van der Waals surface area (Å²) in [6.45, 7) is 8.40. The first-order valence-corrected chi connectivity index (χ1v) is 17.9. The number of amides is 5. The summed E-state index contributed by atoms with van der Waals surface area (Å²) in [6, 6.07) is 18.5.